The van der Waals surface area contributed by atoms with Gasteiger partial charge >= 0.3 is 0 Å². The molecule has 0 amide bonds. The normalized spacial score (nSPS) is 10.3. The van der Waals surface area contributed by atoms with E-state index in [4.69, 9.17) is 0 Å². The summed E-state index contributed by atoms with van der Waals surface area (Å²) in [6, 6.07) is 14.5. The van der Waals surface area contributed by atoms with Crippen LogP contribution in [0.2, 0.25) is 0 Å². The SMILES string of the molecule is O=C(CCc1ccccc1)c1cccc(Br)c1F. The van der Waals surface area contributed by atoms with E-state index in [9.17, 15) is 9.18 Å². The van der Waals surface area contributed by atoms with Gasteiger partial charge in [-0.2, -0.15) is 0 Å². The van der Waals surface area contributed by atoms with Gasteiger partial charge in [0.2, 0.25) is 0 Å². The zero-order chi connectivity index (χ0) is 13.0. The second kappa shape index (κ2) is 5.91. The molecule has 0 fully saturated rings. The first kappa shape index (κ1) is 13.0. The fraction of sp³-hybridized carbons (Fsp3) is 0.133. The van der Waals surface area contributed by atoms with Crippen LogP contribution in [-0.2, 0) is 6.42 Å². The van der Waals surface area contributed by atoms with Gasteiger partial charge in [0.15, 0.2) is 5.78 Å². The van der Waals surface area contributed by atoms with Crippen LogP contribution < -0.4 is 0 Å². The minimum absolute atomic E-state index is 0.153. The molecule has 0 radical (unpaired) electrons. The Morgan fingerprint density at radius 2 is 1.78 bits per heavy atom. The Labute approximate surface area is 114 Å². The Hall–Kier alpha value is -1.48. The van der Waals surface area contributed by atoms with Crippen molar-refractivity contribution < 1.29 is 9.18 Å². The van der Waals surface area contributed by atoms with E-state index in [0.717, 1.165) is 5.56 Å². The zero-order valence-electron chi connectivity index (χ0n) is 9.70. The number of carbonyl (C=O) groups excluding carboxylic acids is 1. The van der Waals surface area contributed by atoms with E-state index in [-0.39, 0.29) is 11.3 Å². The maximum atomic E-state index is 13.7. The Balaban J connectivity index is 2.07. The molecule has 0 aliphatic rings. The molecule has 2 rings (SSSR count). The van der Waals surface area contributed by atoms with Crippen molar-refractivity contribution in [2.24, 2.45) is 0 Å². The molecule has 0 aliphatic carbocycles. The average Bonchev–Trinajstić information content (AvgIpc) is 2.40. The summed E-state index contributed by atoms with van der Waals surface area (Å²) in [5, 5.41) is 0. The molecule has 0 saturated carbocycles. The van der Waals surface area contributed by atoms with Gasteiger partial charge in [-0.1, -0.05) is 36.4 Å². The monoisotopic (exact) mass is 306 g/mol. The van der Waals surface area contributed by atoms with E-state index in [2.05, 4.69) is 15.9 Å². The van der Waals surface area contributed by atoms with Gasteiger partial charge < -0.3 is 0 Å². The van der Waals surface area contributed by atoms with E-state index >= 15 is 0 Å². The third-order valence-electron chi connectivity index (χ3n) is 2.74. The molecular weight excluding hydrogens is 295 g/mol. The molecule has 2 aromatic rings. The molecule has 0 bridgehead atoms. The molecule has 3 heteroatoms. The number of rotatable bonds is 4. The van der Waals surface area contributed by atoms with Crippen molar-refractivity contribution in [2.45, 2.75) is 12.8 Å². The Morgan fingerprint density at radius 1 is 1.06 bits per heavy atom. The third-order valence-corrected chi connectivity index (χ3v) is 3.35. The van der Waals surface area contributed by atoms with E-state index < -0.39 is 5.82 Å². The van der Waals surface area contributed by atoms with Gasteiger partial charge in [0, 0.05) is 6.42 Å². The molecule has 0 aromatic heterocycles. The molecular formula is C15H12BrFO. The zero-order valence-corrected chi connectivity index (χ0v) is 11.3. The summed E-state index contributed by atoms with van der Waals surface area (Å²) in [6.45, 7) is 0. The molecule has 0 aliphatic heterocycles. The summed E-state index contributed by atoms with van der Waals surface area (Å²) in [7, 11) is 0. The molecule has 0 saturated heterocycles. The van der Waals surface area contributed by atoms with Crippen molar-refractivity contribution in [1.29, 1.82) is 0 Å². The van der Waals surface area contributed by atoms with Crippen molar-refractivity contribution in [3.8, 4) is 0 Å². The van der Waals surface area contributed by atoms with E-state index in [0.29, 0.717) is 17.3 Å². The first-order valence-electron chi connectivity index (χ1n) is 5.69. The number of ketones is 1. The van der Waals surface area contributed by atoms with Gasteiger partial charge in [0.05, 0.1) is 10.0 Å². The maximum Gasteiger partial charge on any atom is 0.166 e. The number of halogens is 2. The lowest BCUT2D eigenvalue weighted by molar-refractivity contribution is 0.0979. The van der Waals surface area contributed by atoms with Crippen molar-refractivity contribution >= 4 is 21.7 Å². The average molecular weight is 307 g/mol. The van der Waals surface area contributed by atoms with Crippen LogP contribution >= 0.6 is 15.9 Å². The fourth-order valence-electron chi connectivity index (χ4n) is 1.76. The highest BCUT2D eigenvalue weighted by atomic mass is 79.9. The van der Waals surface area contributed by atoms with Crippen molar-refractivity contribution in [3.63, 3.8) is 0 Å². The second-order valence-corrected chi connectivity index (χ2v) is 4.86. The fourth-order valence-corrected chi connectivity index (χ4v) is 2.12. The Kier molecular flexibility index (Phi) is 4.26. The lowest BCUT2D eigenvalue weighted by atomic mass is 10.0. The van der Waals surface area contributed by atoms with Crippen LogP contribution in [0.25, 0.3) is 0 Å². The number of aryl methyl sites for hydroxylation is 1. The molecule has 1 nitrogen and oxygen atoms in total. The first-order valence-corrected chi connectivity index (χ1v) is 6.49. The Morgan fingerprint density at radius 3 is 2.50 bits per heavy atom. The number of hydrogen-bond donors (Lipinski definition) is 0. The van der Waals surface area contributed by atoms with Crippen LogP contribution in [0, 0.1) is 5.82 Å². The minimum Gasteiger partial charge on any atom is -0.294 e. The number of Topliss-reactive ketones (excluding diaryl/α,β-unsaturated/α-hetero) is 1. The highest BCUT2D eigenvalue weighted by Crippen LogP contribution is 2.20. The van der Waals surface area contributed by atoms with Gasteiger partial charge in [-0.15, -0.1) is 0 Å². The predicted molar refractivity (Wildman–Crippen MR) is 73.2 cm³/mol. The number of carbonyl (C=O) groups is 1. The van der Waals surface area contributed by atoms with Crippen LogP contribution in [0.15, 0.2) is 53.0 Å². The maximum absolute atomic E-state index is 13.7. The molecule has 0 atom stereocenters. The predicted octanol–water partition coefficient (Wildman–Crippen LogP) is 4.40. The molecule has 18 heavy (non-hydrogen) atoms. The Bertz CT molecular complexity index is 552. The topological polar surface area (TPSA) is 17.1 Å². The van der Waals surface area contributed by atoms with E-state index in [1.807, 2.05) is 30.3 Å². The van der Waals surface area contributed by atoms with Crippen molar-refractivity contribution in [2.75, 3.05) is 0 Å². The highest BCUT2D eigenvalue weighted by molar-refractivity contribution is 9.10. The molecule has 0 heterocycles. The molecule has 2 aromatic carbocycles. The second-order valence-electron chi connectivity index (χ2n) is 4.01. The summed E-state index contributed by atoms with van der Waals surface area (Å²) >= 11 is 3.08. The van der Waals surface area contributed by atoms with Gasteiger partial charge in [-0.3, -0.25) is 4.79 Å². The summed E-state index contributed by atoms with van der Waals surface area (Å²) in [5.41, 5.74) is 1.24. The van der Waals surface area contributed by atoms with Crippen molar-refractivity contribution in [3.05, 3.63) is 69.9 Å². The van der Waals surface area contributed by atoms with Gasteiger partial charge in [0.1, 0.15) is 5.82 Å². The first-order chi connectivity index (χ1) is 8.68. The van der Waals surface area contributed by atoms with Crippen LogP contribution in [0.3, 0.4) is 0 Å². The molecule has 0 N–H and O–H groups in total. The van der Waals surface area contributed by atoms with Crippen LogP contribution in [0.1, 0.15) is 22.3 Å². The summed E-state index contributed by atoms with van der Waals surface area (Å²) in [4.78, 5) is 11.9. The lowest BCUT2D eigenvalue weighted by Crippen LogP contribution is -2.04. The smallest absolute Gasteiger partial charge is 0.166 e. The molecule has 0 unspecified atom stereocenters. The van der Waals surface area contributed by atoms with Gasteiger partial charge in [0.25, 0.3) is 0 Å². The molecule has 0 spiro atoms. The lowest BCUT2D eigenvalue weighted by Gasteiger charge is -2.04. The van der Waals surface area contributed by atoms with Crippen molar-refractivity contribution in [1.82, 2.24) is 0 Å². The van der Waals surface area contributed by atoms with Gasteiger partial charge in [-0.25, -0.2) is 4.39 Å². The summed E-state index contributed by atoms with van der Waals surface area (Å²) < 4.78 is 14.0. The quantitative estimate of drug-likeness (QED) is 0.765. The summed E-state index contributed by atoms with van der Waals surface area (Å²) in [5.74, 6) is -0.645. The standard InChI is InChI=1S/C15H12BrFO/c16-13-8-4-7-12(15(13)17)14(18)10-9-11-5-2-1-3-6-11/h1-8H,9-10H2. The number of benzene rings is 2. The van der Waals surface area contributed by atoms with Crippen LogP contribution in [-0.4, -0.2) is 5.78 Å². The molecule has 92 valence electrons. The minimum atomic E-state index is -0.476. The highest BCUT2D eigenvalue weighted by Gasteiger charge is 2.13. The number of hydrogen-bond acceptors (Lipinski definition) is 1. The van der Waals surface area contributed by atoms with Crippen LogP contribution in [0.4, 0.5) is 4.39 Å². The largest absolute Gasteiger partial charge is 0.294 e. The van der Waals surface area contributed by atoms with Gasteiger partial charge in [-0.05, 0) is 40.0 Å². The third kappa shape index (κ3) is 3.05. The van der Waals surface area contributed by atoms with Crippen LogP contribution in [0.5, 0.6) is 0 Å². The summed E-state index contributed by atoms with van der Waals surface area (Å²) in [6.07, 6.45) is 0.947. The van der Waals surface area contributed by atoms with E-state index in [1.165, 1.54) is 6.07 Å². The van der Waals surface area contributed by atoms with E-state index in [1.54, 1.807) is 12.1 Å².